The first-order valence-corrected chi connectivity index (χ1v) is 5.23. The summed E-state index contributed by atoms with van der Waals surface area (Å²) >= 11 is 0. The Kier molecular flexibility index (Phi) is 7.46. The van der Waals surface area contributed by atoms with Gasteiger partial charge in [0.15, 0.2) is 11.5 Å². The van der Waals surface area contributed by atoms with Crippen molar-refractivity contribution in [1.82, 2.24) is 0 Å². The van der Waals surface area contributed by atoms with Crippen LogP contribution in [0.4, 0.5) is 0 Å². The van der Waals surface area contributed by atoms with Gasteiger partial charge in [-0.25, -0.2) is 0 Å². The maximum absolute atomic E-state index is 5.48. The lowest BCUT2D eigenvalue weighted by Gasteiger charge is -2.11. The number of methoxy groups -OCH3 is 2. The van der Waals surface area contributed by atoms with Crippen LogP contribution >= 0.6 is 0 Å². The molecule has 0 aliphatic carbocycles. The van der Waals surface area contributed by atoms with E-state index in [4.69, 9.17) is 15.2 Å². The Hall–Kier alpha value is -1.22. The maximum atomic E-state index is 5.48. The minimum absolute atomic E-state index is 0.615. The molecule has 0 radical (unpaired) electrons. The van der Waals surface area contributed by atoms with Crippen molar-refractivity contribution in [2.24, 2.45) is 5.73 Å². The highest BCUT2D eigenvalue weighted by Gasteiger charge is 2.07. The summed E-state index contributed by atoms with van der Waals surface area (Å²) in [6.07, 6.45) is 0.806. The molecule has 86 valence electrons. The molecule has 0 aliphatic rings. The van der Waals surface area contributed by atoms with Crippen molar-refractivity contribution < 1.29 is 9.47 Å². The van der Waals surface area contributed by atoms with Crippen LogP contribution in [0.15, 0.2) is 18.2 Å². The Bertz CT molecular complexity index is 274. The molecule has 1 rings (SSSR count). The van der Waals surface area contributed by atoms with E-state index in [1.54, 1.807) is 14.2 Å². The molecule has 0 saturated carbocycles. The molecule has 0 aromatic heterocycles. The Balaban J connectivity index is 0.000000921. The molecule has 3 heteroatoms. The van der Waals surface area contributed by atoms with Gasteiger partial charge in [0.05, 0.1) is 14.2 Å². The van der Waals surface area contributed by atoms with Crippen LogP contribution in [0, 0.1) is 0 Å². The summed E-state index contributed by atoms with van der Waals surface area (Å²) in [4.78, 5) is 0. The van der Waals surface area contributed by atoms with Gasteiger partial charge in [-0.1, -0.05) is 26.0 Å². The number of rotatable bonds is 4. The molecule has 0 spiro atoms. The number of benzene rings is 1. The smallest absolute Gasteiger partial charge is 0.163 e. The summed E-state index contributed by atoms with van der Waals surface area (Å²) in [5, 5.41) is 0. The van der Waals surface area contributed by atoms with Crippen molar-refractivity contribution in [2.75, 3.05) is 20.8 Å². The molecular formula is C12H21NO2. The molecule has 0 saturated heterocycles. The Morgan fingerprint density at radius 1 is 1.13 bits per heavy atom. The van der Waals surface area contributed by atoms with Crippen LogP contribution < -0.4 is 15.2 Å². The van der Waals surface area contributed by atoms with Crippen LogP contribution in [-0.2, 0) is 6.42 Å². The molecule has 3 nitrogen and oxygen atoms in total. The largest absolute Gasteiger partial charge is 0.493 e. The normalized spacial score (nSPS) is 8.87. The predicted octanol–water partition coefficient (Wildman–Crippen LogP) is 2.23. The van der Waals surface area contributed by atoms with Gasteiger partial charge in [0.1, 0.15) is 0 Å². The maximum Gasteiger partial charge on any atom is 0.163 e. The van der Waals surface area contributed by atoms with Crippen LogP contribution in [0.2, 0.25) is 0 Å². The zero-order chi connectivity index (χ0) is 11.7. The van der Waals surface area contributed by atoms with Gasteiger partial charge in [0.25, 0.3) is 0 Å². The van der Waals surface area contributed by atoms with E-state index in [0.29, 0.717) is 6.54 Å². The van der Waals surface area contributed by atoms with Crippen LogP contribution in [0.1, 0.15) is 19.4 Å². The first kappa shape index (κ1) is 13.8. The Morgan fingerprint density at radius 3 is 2.27 bits per heavy atom. The van der Waals surface area contributed by atoms with E-state index in [2.05, 4.69) is 0 Å². The van der Waals surface area contributed by atoms with Crippen molar-refractivity contribution in [3.63, 3.8) is 0 Å². The van der Waals surface area contributed by atoms with Crippen LogP contribution in [-0.4, -0.2) is 20.8 Å². The average molecular weight is 211 g/mol. The second kappa shape index (κ2) is 8.12. The van der Waals surface area contributed by atoms with E-state index < -0.39 is 0 Å². The van der Waals surface area contributed by atoms with Gasteiger partial charge >= 0.3 is 0 Å². The molecule has 0 atom stereocenters. The molecule has 0 bridgehead atoms. The van der Waals surface area contributed by atoms with Crippen molar-refractivity contribution in [3.8, 4) is 11.5 Å². The second-order valence-corrected chi connectivity index (χ2v) is 2.69. The number of nitrogens with two attached hydrogens (primary N) is 1. The minimum atomic E-state index is 0.615. The average Bonchev–Trinajstić information content (AvgIpc) is 2.31. The molecule has 1 aromatic carbocycles. The molecule has 0 aliphatic heterocycles. The molecule has 15 heavy (non-hydrogen) atoms. The van der Waals surface area contributed by atoms with Crippen LogP contribution in [0.25, 0.3) is 0 Å². The molecule has 0 heterocycles. The summed E-state index contributed by atoms with van der Waals surface area (Å²) in [5.74, 6) is 1.55. The fraction of sp³-hybridized carbons (Fsp3) is 0.500. The second-order valence-electron chi connectivity index (χ2n) is 2.69. The topological polar surface area (TPSA) is 44.5 Å². The van der Waals surface area contributed by atoms with Crippen molar-refractivity contribution in [3.05, 3.63) is 23.8 Å². The van der Waals surface area contributed by atoms with Crippen molar-refractivity contribution in [1.29, 1.82) is 0 Å². The number of ether oxygens (including phenoxy) is 2. The summed E-state index contributed by atoms with van der Waals surface area (Å²) in [7, 11) is 3.27. The van der Waals surface area contributed by atoms with Crippen molar-refractivity contribution >= 4 is 0 Å². The summed E-state index contributed by atoms with van der Waals surface area (Å²) in [5.41, 5.74) is 6.57. The lowest BCUT2D eigenvalue weighted by atomic mass is 10.1. The Morgan fingerprint density at radius 2 is 1.80 bits per heavy atom. The lowest BCUT2D eigenvalue weighted by Crippen LogP contribution is -2.04. The quantitative estimate of drug-likeness (QED) is 0.830. The van der Waals surface area contributed by atoms with Gasteiger partial charge in [0.2, 0.25) is 0 Å². The number of hydrogen-bond donors (Lipinski definition) is 1. The van der Waals surface area contributed by atoms with Crippen molar-refractivity contribution in [2.45, 2.75) is 20.3 Å². The number of para-hydroxylation sites is 1. The van der Waals surface area contributed by atoms with E-state index in [9.17, 15) is 0 Å². The molecule has 0 unspecified atom stereocenters. The summed E-state index contributed by atoms with van der Waals surface area (Å²) < 4.78 is 10.4. The molecule has 2 N–H and O–H groups in total. The standard InChI is InChI=1S/C10H15NO2.C2H6/c1-12-9-5-3-4-8(6-7-11)10(9)13-2;1-2/h3-5H,6-7,11H2,1-2H3;1-2H3. The minimum Gasteiger partial charge on any atom is -0.493 e. The van der Waals surface area contributed by atoms with Crippen LogP contribution in [0.3, 0.4) is 0 Å². The highest BCUT2D eigenvalue weighted by Crippen LogP contribution is 2.30. The molecule has 0 fully saturated rings. The predicted molar refractivity (Wildman–Crippen MR) is 63.7 cm³/mol. The number of hydrogen-bond acceptors (Lipinski definition) is 3. The van der Waals surface area contributed by atoms with Gasteiger partial charge in [-0.05, 0) is 24.6 Å². The summed E-state index contributed by atoms with van der Waals surface area (Å²) in [6, 6.07) is 5.80. The fourth-order valence-electron chi connectivity index (χ4n) is 1.31. The SMILES string of the molecule is CC.COc1cccc(CCN)c1OC. The van der Waals surface area contributed by atoms with E-state index in [0.717, 1.165) is 23.5 Å². The van der Waals surface area contributed by atoms with E-state index in [1.807, 2.05) is 32.0 Å². The fourth-order valence-corrected chi connectivity index (χ4v) is 1.31. The van der Waals surface area contributed by atoms with E-state index in [1.165, 1.54) is 0 Å². The third-order valence-electron chi connectivity index (χ3n) is 1.90. The first-order chi connectivity index (χ1) is 7.33. The molecule has 1 aromatic rings. The summed E-state index contributed by atoms with van der Waals surface area (Å²) in [6.45, 7) is 4.61. The lowest BCUT2D eigenvalue weighted by molar-refractivity contribution is 0.352. The van der Waals surface area contributed by atoms with Gasteiger partial charge in [-0.2, -0.15) is 0 Å². The molecule has 0 amide bonds. The molecular weight excluding hydrogens is 190 g/mol. The van der Waals surface area contributed by atoms with E-state index in [-0.39, 0.29) is 0 Å². The zero-order valence-corrected chi connectivity index (χ0v) is 10.0. The highest BCUT2D eigenvalue weighted by atomic mass is 16.5. The monoisotopic (exact) mass is 211 g/mol. The third kappa shape index (κ3) is 3.80. The van der Waals surface area contributed by atoms with Gasteiger partial charge in [-0.3, -0.25) is 0 Å². The van der Waals surface area contributed by atoms with Gasteiger partial charge < -0.3 is 15.2 Å². The third-order valence-corrected chi connectivity index (χ3v) is 1.90. The van der Waals surface area contributed by atoms with Crippen LogP contribution in [0.5, 0.6) is 11.5 Å². The first-order valence-electron chi connectivity index (χ1n) is 5.23. The Labute approximate surface area is 92.2 Å². The van der Waals surface area contributed by atoms with Gasteiger partial charge in [0, 0.05) is 0 Å². The van der Waals surface area contributed by atoms with Gasteiger partial charge in [-0.15, -0.1) is 0 Å². The highest BCUT2D eigenvalue weighted by molar-refractivity contribution is 5.46. The van der Waals surface area contributed by atoms with E-state index >= 15 is 0 Å². The zero-order valence-electron chi connectivity index (χ0n) is 10.0.